The lowest BCUT2D eigenvalue weighted by atomic mass is 10.0. The smallest absolute Gasteiger partial charge is 0.319 e. The second kappa shape index (κ2) is 5.10. The molecule has 1 fully saturated rings. The lowest BCUT2D eigenvalue weighted by molar-refractivity contribution is -0.142. The van der Waals surface area contributed by atoms with Crippen LogP contribution in [-0.2, 0) is 9.53 Å². The quantitative estimate of drug-likeness (QED) is 0.683. The number of rotatable bonds is 2. The molecule has 18 heavy (non-hydrogen) atoms. The van der Waals surface area contributed by atoms with Crippen LogP contribution >= 0.6 is 0 Å². The lowest BCUT2D eigenvalue weighted by Gasteiger charge is -2.41. The highest BCUT2D eigenvalue weighted by molar-refractivity contribution is 5.83. The molecule has 0 aliphatic carbocycles. The van der Waals surface area contributed by atoms with Crippen LogP contribution in [0.25, 0.3) is 0 Å². The van der Waals surface area contributed by atoms with E-state index in [9.17, 15) is 4.79 Å². The Bertz CT molecular complexity index is 414. The number of hydrogen-bond acceptors (Lipinski definition) is 5. The summed E-state index contributed by atoms with van der Waals surface area (Å²) in [6, 6.07) is 0.245. The summed E-state index contributed by atoms with van der Waals surface area (Å²) in [6.45, 7) is 9.23. The number of hydrogen-bond donors (Lipinski definition) is 0. The molecule has 0 aromatic rings. The first-order chi connectivity index (χ1) is 8.52. The number of fused-ring (bicyclic) bond motifs is 1. The first kappa shape index (κ1) is 13.1. The van der Waals surface area contributed by atoms with Crippen molar-refractivity contribution >= 4 is 11.8 Å². The number of amidine groups is 1. The van der Waals surface area contributed by atoms with Gasteiger partial charge in [0.1, 0.15) is 5.84 Å². The van der Waals surface area contributed by atoms with Gasteiger partial charge in [0, 0.05) is 25.3 Å². The summed E-state index contributed by atoms with van der Waals surface area (Å²) in [5.74, 6) is 0.914. The molecule has 0 bridgehead atoms. The SMILES string of the molecule is COC(=O)CN1CCN2C(C)=N[C@@H](C)C(C)=C2C1. The minimum atomic E-state index is -0.170. The van der Waals surface area contributed by atoms with Gasteiger partial charge in [0.25, 0.3) is 0 Å². The Morgan fingerprint density at radius 3 is 2.83 bits per heavy atom. The lowest BCUT2D eigenvalue weighted by Crippen LogP contribution is -2.50. The minimum Gasteiger partial charge on any atom is -0.468 e. The van der Waals surface area contributed by atoms with Crippen LogP contribution in [0.4, 0.5) is 0 Å². The van der Waals surface area contributed by atoms with Crippen LogP contribution in [0.2, 0.25) is 0 Å². The van der Waals surface area contributed by atoms with Gasteiger partial charge in [-0.15, -0.1) is 0 Å². The van der Waals surface area contributed by atoms with E-state index in [1.807, 2.05) is 0 Å². The summed E-state index contributed by atoms with van der Waals surface area (Å²) < 4.78 is 4.72. The van der Waals surface area contributed by atoms with Gasteiger partial charge in [-0.2, -0.15) is 0 Å². The monoisotopic (exact) mass is 251 g/mol. The third kappa shape index (κ3) is 2.41. The third-order valence-corrected chi connectivity index (χ3v) is 3.77. The molecule has 2 rings (SSSR count). The highest BCUT2D eigenvalue weighted by atomic mass is 16.5. The molecule has 0 unspecified atom stereocenters. The molecule has 1 atom stereocenters. The van der Waals surface area contributed by atoms with E-state index in [0.29, 0.717) is 6.54 Å². The maximum atomic E-state index is 11.3. The van der Waals surface area contributed by atoms with Gasteiger partial charge in [0.15, 0.2) is 0 Å². The van der Waals surface area contributed by atoms with E-state index in [-0.39, 0.29) is 12.0 Å². The van der Waals surface area contributed by atoms with E-state index in [2.05, 4.69) is 35.6 Å². The van der Waals surface area contributed by atoms with Crippen LogP contribution in [-0.4, -0.2) is 60.9 Å². The molecule has 0 amide bonds. The average Bonchev–Trinajstić information content (AvgIpc) is 2.36. The van der Waals surface area contributed by atoms with Crippen LogP contribution in [0.5, 0.6) is 0 Å². The highest BCUT2D eigenvalue weighted by Gasteiger charge is 2.29. The first-order valence-corrected chi connectivity index (χ1v) is 6.33. The molecule has 2 heterocycles. The Balaban J connectivity index is 2.12. The van der Waals surface area contributed by atoms with Crippen molar-refractivity contribution in [1.82, 2.24) is 9.80 Å². The van der Waals surface area contributed by atoms with Crippen LogP contribution in [0, 0.1) is 0 Å². The summed E-state index contributed by atoms with van der Waals surface area (Å²) in [4.78, 5) is 20.4. The molecule has 0 aromatic carbocycles. The van der Waals surface area contributed by atoms with Crippen molar-refractivity contribution in [3.8, 4) is 0 Å². The molecule has 0 aromatic heterocycles. The van der Waals surface area contributed by atoms with Crippen molar-refractivity contribution < 1.29 is 9.53 Å². The minimum absolute atomic E-state index is 0.170. The Kier molecular flexibility index (Phi) is 3.71. The molecule has 1 saturated heterocycles. The zero-order valence-corrected chi connectivity index (χ0v) is 11.6. The van der Waals surface area contributed by atoms with Crippen LogP contribution in [0.15, 0.2) is 16.3 Å². The average molecular weight is 251 g/mol. The third-order valence-electron chi connectivity index (χ3n) is 3.77. The molecule has 100 valence electrons. The van der Waals surface area contributed by atoms with Crippen molar-refractivity contribution in [2.24, 2.45) is 4.99 Å². The van der Waals surface area contributed by atoms with Crippen molar-refractivity contribution in [1.29, 1.82) is 0 Å². The molecule has 2 aliphatic rings. The van der Waals surface area contributed by atoms with E-state index < -0.39 is 0 Å². The van der Waals surface area contributed by atoms with Crippen LogP contribution in [0.1, 0.15) is 20.8 Å². The Labute approximate surface area is 108 Å². The van der Waals surface area contributed by atoms with Crippen molar-refractivity contribution in [2.45, 2.75) is 26.8 Å². The Morgan fingerprint density at radius 2 is 2.17 bits per heavy atom. The standard InChI is InChI=1S/C13H21N3O2/c1-9-10(2)14-11(3)16-6-5-15(7-12(9)16)8-13(17)18-4/h10H,5-8H2,1-4H3/t10-/m0/s1. The number of piperazine rings is 1. The summed E-state index contributed by atoms with van der Waals surface area (Å²) in [5.41, 5.74) is 2.60. The molecule has 2 aliphatic heterocycles. The maximum Gasteiger partial charge on any atom is 0.319 e. The number of aliphatic imine (C=N–C) groups is 1. The van der Waals surface area contributed by atoms with Gasteiger partial charge in [-0.05, 0) is 26.3 Å². The normalized spacial score (nSPS) is 24.8. The van der Waals surface area contributed by atoms with Gasteiger partial charge in [-0.3, -0.25) is 14.7 Å². The molecular weight excluding hydrogens is 230 g/mol. The summed E-state index contributed by atoms with van der Waals surface area (Å²) in [7, 11) is 1.43. The number of ether oxygens (including phenoxy) is 1. The predicted octanol–water partition coefficient (Wildman–Crippen LogP) is 0.871. The molecule has 0 N–H and O–H groups in total. The van der Waals surface area contributed by atoms with Gasteiger partial charge in [0.05, 0.1) is 19.7 Å². The van der Waals surface area contributed by atoms with Gasteiger partial charge in [-0.25, -0.2) is 0 Å². The number of carbonyl (C=O) groups excluding carboxylic acids is 1. The zero-order chi connectivity index (χ0) is 13.3. The highest BCUT2D eigenvalue weighted by Crippen LogP contribution is 2.25. The summed E-state index contributed by atoms with van der Waals surface area (Å²) in [6.07, 6.45) is 0. The fourth-order valence-electron chi connectivity index (χ4n) is 2.52. The molecule has 5 nitrogen and oxygen atoms in total. The molecule has 0 radical (unpaired) electrons. The molecule has 0 spiro atoms. The number of carbonyl (C=O) groups is 1. The van der Waals surface area contributed by atoms with Crippen molar-refractivity contribution in [3.05, 3.63) is 11.3 Å². The van der Waals surface area contributed by atoms with Gasteiger partial charge in [0.2, 0.25) is 0 Å². The molecule has 5 heteroatoms. The number of nitrogens with zero attached hydrogens (tertiary/aromatic N) is 3. The number of methoxy groups -OCH3 is 1. The molecular formula is C13H21N3O2. The van der Waals surface area contributed by atoms with Gasteiger partial charge >= 0.3 is 5.97 Å². The zero-order valence-electron chi connectivity index (χ0n) is 11.6. The van der Waals surface area contributed by atoms with E-state index in [0.717, 1.165) is 25.5 Å². The second-order valence-corrected chi connectivity index (χ2v) is 4.92. The second-order valence-electron chi connectivity index (χ2n) is 4.92. The van der Waals surface area contributed by atoms with Crippen LogP contribution < -0.4 is 0 Å². The predicted molar refractivity (Wildman–Crippen MR) is 70.4 cm³/mol. The van der Waals surface area contributed by atoms with Crippen molar-refractivity contribution in [3.63, 3.8) is 0 Å². The Morgan fingerprint density at radius 1 is 1.44 bits per heavy atom. The van der Waals surface area contributed by atoms with E-state index in [1.165, 1.54) is 18.4 Å². The van der Waals surface area contributed by atoms with E-state index >= 15 is 0 Å². The topological polar surface area (TPSA) is 45.1 Å². The van der Waals surface area contributed by atoms with E-state index in [1.54, 1.807) is 0 Å². The maximum absolute atomic E-state index is 11.3. The number of esters is 1. The van der Waals surface area contributed by atoms with Crippen LogP contribution in [0.3, 0.4) is 0 Å². The van der Waals surface area contributed by atoms with E-state index in [4.69, 9.17) is 4.74 Å². The largest absolute Gasteiger partial charge is 0.468 e. The fraction of sp³-hybridized carbons (Fsp3) is 0.692. The summed E-state index contributed by atoms with van der Waals surface area (Å²) >= 11 is 0. The Hall–Kier alpha value is -1.36. The van der Waals surface area contributed by atoms with Crippen molar-refractivity contribution in [2.75, 3.05) is 33.3 Å². The fourth-order valence-corrected chi connectivity index (χ4v) is 2.52. The van der Waals surface area contributed by atoms with Gasteiger partial charge in [-0.1, -0.05) is 0 Å². The summed E-state index contributed by atoms with van der Waals surface area (Å²) in [5, 5.41) is 0. The first-order valence-electron chi connectivity index (χ1n) is 6.33. The van der Waals surface area contributed by atoms with Gasteiger partial charge < -0.3 is 9.64 Å². The molecule has 0 saturated carbocycles.